The Bertz CT molecular complexity index is 776. The molecule has 7 nitrogen and oxygen atoms in total. The molecule has 1 aromatic carbocycles. The zero-order valence-electron chi connectivity index (χ0n) is 16.0. The van der Waals surface area contributed by atoms with Crippen molar-refractivity contribution in [1.82, 2.24) is 20.4 Å². The van der Waals surface area contributed by atoms with Crippen LogP contribution in [0.15, 0.2) is 34.7 Å². The Morgan fingerprint density at radius 3 is 2.61 bits per heavy atom. The van der Waals surface area contributed by atoms with Crippen LogP contribution in [0.2, 0.25) is 0 Å². The van der Waals surface area contributed by atoms with Crippen molar-refractivity contribution in [1.29, 1.82) is 0 Å². The number of aryl methyl sites for hydroxylation is 1. The van der Waals surface area contributed by atoms with Crippen LogP contribution in [0.3, 0.4) is 0 Å². The maximum Gasteiger partial charge on any atom is 0.230 e. The normalized spacial score (nSPS) is 14.2. The van der Waals surface area contributed by atoms with Gasteiger partial charge < -0.3 is 15.1 Å². The molecule has 3 rings (SSSR count). The molecule has 0 spiro atoms. The van der Waals surface area contributed by atoms with Crippen LogP contribution < -0.4 is 10.2 Å². The first-order chi connectivity index (χ1) is 13.7. The van der Waals surface area contributed by atoms with Gasteiger partial charge in [0.25, 0.3) is 0 Å². The lowest BCUT2D eigenvalue weighted by Gasteiger charge is -2.34. The first-order valence-electron chi connectivity index (χ1n) is 9.39. The molecule has 1 saturated heterocycles. The summed E-state index contributed by atoms with van der Waals surface area (Å²) in [6.45, 7) is 2.95. The van der Waals surface area contributed by atoms with Crippen LogP contribution in [0.4, 0.5) is 5.13 Å². The van der Waals surface area contributed by atoms with Gasteiger partial charge in [-0.3, -0.25) is 9.59 Å². The maximum atomic E-state index is 12.5. The third-order valence-electron chi connectivity index (χ3n) is 4.60. The van der Waals surface area contributed by atoms with Gasteiger partial charge >= 0.3 is 0 Å². The highest BCUT2D eigenvalue weighted by Gasteiger charge is 2.23. The van der Waals surface area contributed by atoms with E-state index in [0.717, 1.165) is 35.4 Å². The van der Waals surface area contributed by atoms with Crippen molar-refractivity contribution in [3.05, 3.63) is 35.9 Å². The first-order valence-corrected chi connectivity index (χ1v) is 11.2. The zero-order chi connectivity index (χ0) is 19.8. The molecule has 1 N–H and O–H groups in total. The topological polar surface area (TPSA) is 78.4 Å². The number of benzene rings is 1. The van der Waals surface area contributed by atoms with Crippen LogP contribution in [-0.4, -0.2) is 65.9 Å². The SMILES string of the molecule is CNC(=O)CSc1nnc(N2CCN(C(=O)CCCc3ccccc3)CC2)s1. The van der Waals surface area contributed by atoms with Gasteiger partial charge in [-0.15, -0.1) is 10.2 Å². The number of carbonyl (C=O) groups excluding carboxylic acids is 2. The molecule has 28 heavy (non-hydrogen) atoms. The Morgan fingerprint density at radius 1 is 1.14 bits per heavy atom. The van der Waals surface area contributed by atoms with Gasteiger partial charge in [0.1, 0.15) is 0 Å². The molecule has 0 atom stereocenters. The van der Waals surface area contributed by atoms with Gasteiger partial charge in [0.15, 0.2) is 4.34 Å². The molecule has 0 unspecified atom stereocenters. The lowest BCUT2D eigenvalue weighted by atomic mass is 10.1. The summed E-state index contributed by atoms with van der Waals surface area (Å²) in [4.78, 5) is 27.9. The Morgan fingerprint density at radius 2 is 1.89 bits per heavy atom. The Labute approximate surface area is 173 Å². The number of carbonyl (C=O) groups is 2. The molecule has 0 radical (unpaired) electrons. The number of hydrogen-bond acceptors (Lipinski definition) is 7. The molecule has 0 bridgehead atoms. The van der Waals surface area contributed by atoms with Crippen LogP contribution in [-0.2, 0) is 16.0 Å². The average Bonchev–Trinajstić information content (AvgIpc) is 3.22. The highest BCUT2D eigenvalue weighted by atomic mass is 32.2. The molecule has 9 heteroatoms. The second-order valence-corrected chi connectivity index (χ2v) is 8.70. The average molecular weight is 420 g/mol. The van der Waals surface area contributed by atoms with Crippen molar-refractivity contribution in [2.45, 2.75) is 23.6 Å². The van der Waals surface area contributed by atoms with E-state index in [1.54, 1.807) is 7.05 Å². The molecular formula is C19H25N5O2S2. The standard InChI is InChI=1S/C19H25N5O2S2/c1-20-16(25)14-27-19-22-21-18(28-19)24-12-10-23(11-13-24)17(26)9-5-8-15-6-3-2-4-7-15/h2-4,6-7H,5,8-14H2,1H3,(H,20,25). The van der Waals surface area contributed by atoms with E-state index in [0.29, 0.717) is 25.3 Å². The smallest absolute Gasteiger partial charge is 0.230 e. The molecule has 1 aromatic heterocycles. The minimum Gasteiger partial charge on any atom is -0.358 e. The first kappa shape index (κ1) is 20.6. The minimum atomic E-state index is -0.0267. The zero-order valence-corrected chi connectivity index (χ0v) is 17.6. The molecule has 0 aliphatic carbocycles. The van der Waals surface area contributed by atoms with Gasteiger partial charge in [-0.2, -0.15) is 0 Å². The largest absolute Gasteiger partial charge is 0.358 e. The summed E-state index contributed by atoms with van der Waals surface area (Å²) in [5, 5.41) is 11.8. The van der Waals surface area contributed by atoms with Crippen molar-refractivity contribution >= 4 is 40.0 Å². The Hall–Kier alpha value is -2.13. The summed E-state index contributed by atoms with van der Waals surface area (Å²) in [5.41, 5.74) is 1.28. The number of anilines is 1. The second-order valence-electron chi connectivity index (χ2n) is 6.52. The van der Waals surface area contributed by atoms with Gasteiger partial charge in [-0.1, -0.05) is 53.4 Å². The van der Waals surface area contributed by atoms with E-state index in [1.165, 1.54) is 28.7 Å². The summed E-state index contributed by atoms with van der Waals surface area (Å²) < 4.78 is 0.790. The molecule has 0 saturated carbocycles. The fourth-order valence-electron chi connectivity index (χ4n) is 2.98. The summed E-state index contributed by atoms with van der Waals surface area (Å²) in [7, 11) is 1.62. The minimum absolute atomic E-state index is 0.0267. The van der Waals surface area contributed by atoms with Crippen LogP contribution in [0.1, 0.15) is 18.4 Å². The summed E-state index contributed by atoms with van der Waals surface area (Å²) in [5.74, 6) is 0.548. The van der Waals surface area contributed by atoms with Gasteiger partial charge in [0, 0.05) is 39.6 Å². The lowest BCUT2D eigenvalue weighted by molar-refractivity contribution is -0.131. The van der Waals surface area contributed by atoms with E-state index in [1.807, 2.05) is 23.1 Å². The number of nitrogens with one attached hydrogen (secondary N) is 1. The highest BCUT2D eigenvalue weighted by Crippen LogP contribution is 2.28. The van der Waals surface area contributed by atoms with E-state index >= 15 is 0 Å². The predicted octanol–water partition coefficient (Wildman–Crippen LogP) is 2.05. The highest BCUT2D eigenvalue weighted by molar-refractivity contribution is 8.01. The molecular weight excluding hydrogens is 394 g/mol. The monoisotopic (exact) mass is 419 g/mol. The van der Waals surface area contributed by atoms with E-state index < -0.39 is 0 Å². The number of aromatic nitrogens is 2. The molecule has 2 heterocycles. The van der Waals surface area contributed by atoms with Gasteiger partial charge in [0.05, 0.1) is 5.75 Å². The predicted molar refractivity (Wildman–Crippen MR) is 113 cm³/mol. The molecule has 2 aromatic rings. The fourth-order valence-corrected chi connectivity index (χ4v) is 4.75. The van der Waals surface area contributed by atoms with Crippen LogP contribution in [0.25, 0.3) is 0 Å². The van der Waals surface area contributed by atoms with E-state index in [9.17, 15) is 9.59 Å². The number of amides is 2. The van der Waals surface area contributed by atoms with Crippen LogP contribution >= 0.6 is 23.1 Å². The molecule has 1 aliphatic rings. The number of piperazine rings is 1. The number of rotatable bonds is 8. The molecule has 2 amide bonds. The quantitative estimate of drug-likeness (QED) is 0.660. The summed E-state index contributed by atoms with van der Waals surface area (Å²) in [6, 6.07) is 10.3. The van der Waals surface area contributed by atoms with Gasteiger partial charge in [-0.25, -0.2) is 0 Å². The van der Waals surface area contributed by atoms with Crippen molar-refractivity contribution in [2.24, 2.45) is 0 Å². The van der Waals surface area contributed by atoms with Crippen molar-refractivity contribution in [3.8, 4) is 0 Å². The second kappa shape index (κ2) is 10.4. The third kappa shape index (κ3) is 5.93. The number of thioether (sulfide) groups is 1. The van der Waals surface area contributed by atoms with E-state index in [-0.39, 0.29) is 11.8 Å². The molecule has 1 fully saturated rings. The Kier molecular flexibility index (Phi) is 7.67. The lowest BCUT2D eigenvalue weighted by Crippen LogP contribution is -2.48. The summed E-state index contributed by atoms with van der Waals surface area (Å²) >= 11 is 2.89. The van der Waals surface area contributed by atoms with Crippen molar-refractivity contribution < 1.29 is 9.59 Å². The van der Waals surface area contributed by atoms with E-state index in [4.69, 9.17) is 0 Å². The van der Waals surface area contributed by atoms with Crippen LogP contribution in [0, 0.1) is 0 Å². The third-order valence-corrected chi connectivity index (χ3v) is 6.72. The van der Waals surface area contributed by atoms with Crippen molar-refractivity contribution in [2.75, 3.05) is 43.9 Å². The van der Waals surface area contributed by atoms with Crippen LogP contribution in [0.5, 0.6) is 0 Å². The van der Waals surface area contributed by atoms with E-state index in [2.05, 4.69) is 32.5 Å². The number of hydrogen-bond donors (Lipinski definition) is 1. The van der Waals surface area contributed by atoms with Crippen molar-refractivity contribution in [3.63, 3.8) is 0 Å². The van der Waals surface area contributed by atoms with Gasteiger partial charge in [-0.05, 0) is 18.4 Å². The molecule has 1 aliphatic heterocycles. The fraction of sp³-hybridized carbons (Fsp3) is 0.474. The summed E-state index contributed by atoms with van der Waals surface area (Å²) in [6.07, 6.45) is 2.41. The van der Waals surface area contributed by atoms with Gasteiger partial charge in [0.2, 0.25) is 16.9 Å². The maximum absolute atomic E-state index is 12.5. The number of nitrogens with zero attached hydrogens (tertiary/aromatic N) is 4. The Balaban J connectivity index is 1.39. The molecule has 150 valence electrons.